The molecule has 0 bridgehead atoms. The van der Waals surface area contributed by atoms with Crippen LogP contribution in [-0.4, -0.2) is 31.2 Å². The van der Waals surface area contributed by atoms with Crippen molar-refractivity contribution >= 4 is 56.4 Å². The summed E-state index contributed by atoms with van der Waals surface area (Å²) in [6.45, 7) is 1.42. The van der Waals surface area contributed by atoms with E-state index in [9.17, 15) is 13.2 Å². The first-order valence-corrected chi connectivity index (χ1v) is 12.8. The van der Waals surface area contributed by atoms with Gasteiger partial charge >= 0.3 is 0 Å². The van der Waals surface area contributed by atoms with Gasteiger partial charge in [0.25, 0.3) is 0 Å². The predicted octanol–water partition coefficient (Wildman–Crippen LogP) is 5.82. The average molecular weight is 524 g/mol. The summed E-state index contributed by atoms with van der Waals surface area (Å²) in [6, 6.07) is 18.3. The van der Waals surface area contributed by atoms with E-state index in [1.165, 1.54) is 24.3 Å². The van der Waals surface area contributed by atoms with Crippen LogP contribution in [0.25, 0.3) is 0 Å². The number of benzene rings is 3. The summed E-state index contributed by atoms with van der Waals surface area (Å²) < 4.78 is 28.3. The molecule has 0 spiro atoms. The highest BCUT2D eigenvalue weighted by Crippen LogP contribution is 2.33. The number of carbonyl (C=O) groups is 1. The van der Waals surface area contributed by atoms with Crippen molar-refractivity contribution < 1.29 is 13.2 Å². The van der Waals surface area contributed by atoms with Crippen molar-refractivity contribution in [1.29, 1.82) is 0 Å². The Morgan fingerprint density at radius 3 is 2.27 bits per heavy atom. The van der Waals surface area contributed by atoms with Gasteiger partial charge in [-0.25, -0.2) is 8.42 Å². The van der Waals surface area contributed by atoms with Crippen LogP contribution in [0.2, 0.25) is 15.1 Å². The Balaban J connectivity index is 1.71. The second kappa shape index (κ2) is 9.65. The molecule has 33 heavy (non-hydrogen) atoms. The molecule has 5 nitrogen and oxygen atoms in total. The summed E-state index contributed by atoms with van der Waals surface area (Å²) >= 11 is 18.6. The fourth-order valence-electron chi connectivity index (χ4n) is 4.01. The molecule has 1 atom stereocenters. The molecule has 0 saturated carbocycles. The fraction of sp³-hybridized carbons (Fsp3) is 0.208. The van der Waals surface area contributed by atoms with Crippen molar-refractivity contribution in [2.24, 2.45) is 0 Å². The molecule has 172 valence electrons. The zero-order valence-corrected chi connectivity index (χ0v) is 20.8. The van der Waals surface area contributed by atoms with Crippen molar-refractivity contribution in [3.05, 3.63) is 92.9 Å². The van der Waals surface area contributed by atoms with E-state index in [1.54, 1.807) is 23.1 Å². The highest BCUT2D eigenvalue weighted by Gasteiger charge is 2.35. The highest BCUT2D eigenvalue weighted by atomic mass is 35.5. The van der Waals surface area contributed by atoms with Gasteiger partial charge in [-0.1, -0.05) is 59.1 Å². The van der Waals surface area contributed by atoms with Crippen LogP contribution in [0, 0.1) is 0 Å². The Morgan fingerprint density at radius 1 is 0.970 bits per heavy atom. The number of sulfonamides is 1. The number of anilines is 1. The minimum absolute atomic E-state index is 0.0257. The van der Waals surface area contributed by atoms with Gasteiger partial charge in [0.2, 0.25) is 15.9 Å². The molecule has 1 aliphatic heterocycles. The number of rotatable bonds is 6. The minimum atomic E-state index is -4.06. The van der Waals surface area contributed by atoms with Crippen molar-refractivity contribution in [3.8, 4) is 0 Å². The molecule has 9 heteroatoms. The first-order valence-electron chi connectivity index (χ1n) is 10.3. The quantitative estimate of drug-likeness (QED) is 0.409. The minimum Gasteiger partial charge on any atom is -0.308 e. The van der Waals surface area contributed by atoms with E-state index in [4.69, 9.17) is 34.8 Å². The van der Waals surface area contributed by atoms with E-state index < -0.39 is 10.0 Å². The number of carbonyl (C=O) groups excluding carboxylic acids is 1. The van der Waals surface area contributed by atoms with Crippen LogP contribution in [-0.2, 0) is 27.8 Å². The zero-order valence-electron chi connectivity index (χ0n) is 17.7. The smallest absolute Gasteiger partial charge is 0.243 e. The lowest BCUT2D eigenvalue weighted by molar-refractivity contribution is -0.119. The maximum Gasteiger partial charge on any atom is 0.243 e. The number of hydrogen-bond donors (Lipinski definition) is 0. The Morgan fingerprint density at radius 2 is 1.61 bits per heavy atom. The summed E-state index contributed by atoms with van der Waals surface area (Å²) in [5.41, 5.74) is 2.29. The topological polar surface area (TPSA) is 57.7 Å². The van der Waals surface area contributed by atoms with Gasteiger partial charge < -0.3 is 4.90 Å². The van der Waals surface area contributed by atoms with Crippen molar-refractivity contribution in [1.82, 2.24) is 4.31 Å². The first-order chi connectivity index (χ1) is 15.7. The number of hydrogen-bond acceptors (Lipinski definition) is 3. The van der Waals surface area contributed by atoms with Gasteiger partial charge in [-0.3, -0.25) is 4.79 Å². The van der Waals surface area contributed by atoms with Gasteiger partial charge in [-0.2, -0.15) is 4.31 Å². The van der Waals surface area contributed by atoms with Gasteiger partial charge in [-0.15, -0.1) is 0 Å². The standard InChI is InChI=1S/C24H21Cl3N2O3S/c1-16-13-17-5-2-3-8-23(17)29(16)24(30)15-28(14-20-21(26)6-4-7-22(20)27)33(31,32)19-11-9-18(25)10-12-19/h2-12,16H,13-15H2,1H3. The maximum atomic E-state index is 13.6. The Kier molecular flexibility index (Phi) is 7.03. The van der Waals surface area contributed by atoms with Gasteiger partial charge in [0.05, 0.1) is 11.4 Å². The molecule has 4 rings (SSSR count). The monoisotopic (exact) mass is 522 g/mol. The van der Waals surface area contributed by atoms with Crippen LogP contribution < -0.4 is 4.90 Å². The number of fused-ring (bicyclic) bond motifs is 1. The molecule has 0 aromatic heterocycles. The van der Waals surface area contributed by atoms with Crippen LogP contribution in [0.3, 0.4) is 0 Å². The molecule has 0 fully saturated rings. The summed E-state index contributed by atoms with van der Waals surface area (Å²) in [5, 5.41) is 1.06. The fourth-order valence-corrected chi connectivity index (χ4v) is 6.01. The third kappa shape index (κ3) is 4.91. The number of nitrogens with zero attached hydrogens (tertiary/aromatic N) is 2. The van der Waals surface area contributed by atoms with Crippen LogP contribution in [0.5, 0.6) is 0 Å². The van der Waals surface area contributed by atoms with E-state index in [1.807, 2.05) is 31.2 Å². The second-order valence-corrected chi connectivity index (χ2v) is 11.1. The largest absolute Gasteiger partial charge is 0.308 e. The molecule has 3 aromatic rings. The summed E-state index contributed by atoms with van der Waals surface area (Å²) in [5.74, 6) is -0.326. The van der Waals surface area contributed by atoms with Gasteiger partial charge in [-0.05, 0) is 61.4 Å². The van der Waals surface area contributed by atoms with Crippen molar-refractivity contribution in [2.45, 2.75) is 30.8 Å². The van der Waals surface area contributed by atoms with Gasteiger partial charge in [0.1, 0.15) is 0 Å². The molecular formula is C24H21Cl3N2O3S. The SMILES string of the molecule is CC1Cc2ccccc2N1C(=O)CN(Cc1c(Cl)cccc1Cl)S(=O)(=O)c1ccc(Cl)cc1. The molecule has 0 saturated heterocycles. The number of para-hydroxylation sites is 1. The van der Waals surface area contributed by atoms with E-state index in [0.29, 0.717) is 27.1 Å². The third-order valence-electron chi connectivity index (χ3n) is 5.64. The maximum absolute atomic E-state index is 13.6. The van der Waals surface area contributed by atoms with Crippen molar-refractivity contribution in [3.63, 3.8) is 0 Å². The summed E-state index contributed by atoms with van der Waals surface area (Å²) in [7, 11) is -4.06. The van der Waals surface area contributed by atoms with E-state index in [-0.39, 0.29) is 29.9 Å². The normalized spacial score (nSPS) is 15.7. The van der Waals surface area contributed by atoms with Crippen molar-refractivity contribution in [2.75, 3.05) is 11.4 Å². The Labute approximate surface area is 208 Å². The average Bonchev–Trinajstić information content (AvgIpc) is 3.11. The first kappa shape index (κ1) is 24.0. The number of amides is 1. The zero-order chi connectivity index (χ0) is 23.8. The van der Waals surface area contributed by atoms with Crippen LogP contribution in [0.4, 0.5) is 5.69 Å². The lowest BCUT2D eigenvalue weighted by atomic mass is 10.1. The van der Waals surface area contributed by atoms with Crippen LogP contribution in [0.15, 0.2) is 71.6 Å². The van der Waals surface area contributed by atoms with Crippen LogP contribution in [0.1, 0.15) is 18.1 Å². The second-order valence-electron chi connectivity index (χ2n) is 7.87. The lowest BCUT2D eigenvalue weighted by Crippen LogP contribution is -2.44. The molecule has 1 aliphatic rings. The predicted molar refractivity (Wildman–Crippen MR) is 133 cm³/mol. The summed E-state index contributed by atoms with van der Waals surface area (Å²) in [4.78, 5) is 15.1. The van der Waals surface area contributed by atoms with E-state index in [2.05, 4.69) is 0 Å². The van der Waals surface area contributed by atoms with Gasteiger partial charge in [0.15, 0.2) is 0 Å². The molecular weight excluding hydrogens is 503 g/mol. The molecule has 1 amide bonds. The third-order valence-corrected chi connectivity index (χ3v) is 8.40. The summed E-state index contributed by atoms with van der Waals surface area (Å²) in [6.07, 6.45) is 0.711. The van der Waals surface area contributed by atoms with E-state index >= 15 is 0 Å². The highest BCUT2D eigenvalue weighted by molar-refractivity contribution is 7.89. The molecule has 1 unspecified atom stereocenters. The number of halogens is 3. The molecule has 1 heterocycles. The molecule has 3 aromatic carbocycles. The molecule has 0 aliphatic carbocycles. The Bertz CT molecular complexity index is 1280. The van der Waals surface area contributed by atoms with Crippen LogP contribution >= 0.6 is 34.8 Å². The Hall–Kier alpha value is -2.09. The molecule has 0 N–H and O–H groups in total. The van der Waals surface area contributed by atoms with Gasteiger partial charge in [0, 0.05) is 38.9 Å². The lowest BCUT2D eigenvalue weighted by Gasteiger charge is -2.28. The van der Waals surface area contributed by atoms with E-state index in [0.717, 1.165) is 15.6 Å². The molecule has 0 radical (unpaired) electrons.